The number of hydrogen-bond acceptors (Lipinski definition) is 4. The highest BCUT2D eigenvalue weighted by molar-refractivity contribution is 7.90. The van der Waals surface area contributed by atoms with Gasteiger partial charge in [-0.25, -0.2) is 8.42 Å². The average Bonchev–Trinajstić information content (AvgIpc) is 3.09. The molecule has 0 aromatic heterocycles. The van der Waals surface area contributed by atoms with Crippen LogP contribution in [0.3, 0.4) is 0 Å². The molecule has 9 atom stereocenters. The molecule has 4 saturated carbocycles. The van der Waals surface area contributed by atoms with Gasteiger partial charge in [0.1, 0.15) is 9.84 Å². The van der Waals surface area contributed by atoms with Crippen molar-refractivity contribution < 1.29 is 18.3 Å². The van der Waals surface area contributed by atoms with E-state index in [0.717, 1.165) is 37.0 Å². The second-order valence-electron chi connectivity index (χ2n) is 12.8. The minimum absolute atomic E-state index is 0.0119. The van der Waals surface area contributed by atoms with E-state index in [-0.39, 0.29) is 24.3 Å². The van der Waals surface area contributed by atoms with Crippen molar-refractivity contribution in [1.29, 1.82) is 0 Å². The lowest BCUT2D eigenvalue weighted by molar-refractivity contribution is -0.129. The van der Waals surface area contributed by atoms with Gasteiger partial charge in [-0.1, -0.05) is 20.8 Å². The van der Waals surface area contributed by atoms with Gasteiger partial charge >= 0.3 is 0 Å². The topological polar surface area (TPSA) is 83.5 Å². The van der Waals surface area contributed by atoms with Gasteiger partial charge in [0.05, 0.1) is 11.9 Å². The summed E-state index contributed by atoms with van der Waals surface area (Å²) in [5.41, 5.74) is 0.821. The number of carbonyl (C=O) groups excluding carboxylic acids is 1. The Hall–Kier alpha value is -0.620. The lowest BCUT2D eigenvalue weighted by atomic mass is 9.44. The van der Waals surface area contributed by atoms with Crippen molar-refractivity contribution >= 4 is 15.7 Å². The highest BCUT2D eigenvalue weighted by atomic mass is 32.2. The number of aliphatic hydroxyl groups is 1. The first-order chi connectivity index (χ1) is 15.4. The Morgan fingerprint density at radius 2 is 1.73 bits per heavy atom. The number of fused-ring (bicyclic) bond motifs is 5. The van der Waals surface area contributed by atoms with Crippen molar-refractivity contribution in [2.24, 2.45) is 46.3 Å². The summed E-state index contributed by atoms with van der Waals surface area (Å²) in [6.07, 6.45) is 13.7. The molecule has 0 bridgehead atoms. The molecule has 3 unspecified atom stereocenters. The zero-order chi connectivity index (χ0) is 24.0. The Bertz CT molecular complexity index is 828. The largest absolute Gasteiger partial charge is 0.393 e. The van der Waals surface area contributed by atoms with E-state index in [1.807, 2.05) is 0 Å². The molecule has 0 aliphatic heterocycles. The van der Waals surface area contributed by atoms with Crippen LogP contribution in [0.15, 0.2) is 0 Å². The average molecular weight is 482 g/mol. The first-order valence-corrected chi connectivity index (χ1v) is 15.6. The fraction of sp³-hybridized carbons (Fsp3) is 0.963. The van der Waals surface area contributed by atoms with Crippen molar-refractivity contribution in [1.82, 2.24) is 5.32 Å². The molecule has 4 aliphatic rings. The maximum Gasteiger partial charge on any atom is 0.220 e. The Labute approximate surface area is 201 Å². The van der Waals surface area contributed by atoms with Gasteiger partial charge in [-0.05, 0) is 111 Å². The maximum absolute atomic E-state index is 12.3. The van der Waals surface area contributed by atoms with Crippen molar-refractivity contribution in [2.75, 3.05) is 18.6 Å². The highest BCUT2D eigenvalue weighted by Crippen LogP contribution is 2.68. The second-order valence-corrected chi connectivity index (χ2v) is 15.1. The SMILES string of the molecule is C[C@H](CCC(=O)NCCS(C)(=O)=O)[C@H]1CCC2C3CC[C@@H]4C[C@H](O)CC[C@]4(C)C3CC[C@@]21C. The molecule has 0 saturated heterocycles. The molecule has 1 amide bonds. The molecule has 0 spiro atoms. The van der Waals surface area contributed by atoms with Crippen LogP contribution < -0.4 is 5.32 Å². The first kappa shape index (κ1) is 25.5. The summed E-state index contributed by atoms with van der Waals surface area (Å²) in [6, 6.07) is 0. The van der Waals surface area contributed by atoms with E-state index in [4.69, 9.17) is 0 Å². The number of amides is 1. The molecule has 0 aromatic rings. The zero-order valence-electron chi connectivity index (χ0n) is 21.3. The molecule has 5 nitrogen and oxygen atoms in total. The van der Waals surface area contributed by atoms with Crippen molar-refractivity contribution in [2.45, 2.75) is 97.5 Å². The Morgan fingerprint density at radius 1 is 1.03 bits per heavy atom. The normalized spacial score (nSPS) is 43.8. The third-order valence-electron chi connectivity index (χ3n) is 11.0. The zero-order valence-corrected chi connectivity index (χ0v) is 22.1. The number of hydrogen-bond donors (Lipinski definition) is 2. The first-order valence-electron chi connectivity index (χ1n) is 13.6. The molecule has 4 rings (SSSR count). The highest BCUT2D eigenvalue weighted by Gasteiger charge is 2.60. The fourth-order valence-corrected chi connectivity index (χ4v) is 9.71. The number of nitrogens with one attached hydrogen (secondary N) is 1. The summed E-state index contributed by atoms with van der Waals surface area (Å²) in [5, 5.41) is 13.0. The Kier molecular flexibility index (Phi) is 7.29. The van der Waals surface area contributed by atoms with Crippen LogP contribution >= 0.6 is 0 Å². The molecule has 33 heavy (non-hydrogen) atoms. The summed E-state index contributed by atoms with van der Waals surface area (Å²) in [4.78, 5) is 12.3. The molecule has 4 fully saturated rings. The number of sulfone groups is 1. The molecular weight excluding hydrogens is 434 g/mol. The van der Waals surface area contributed by atoms with Gasteiger partial charge in [0, 0.05) is 19.2 Å². The quantitative estimate of drug-likeness (QED) is 0.557. The maximum atomic E-state index is 12.3. The van der Waals surface area contributed by atoms with E-state index in [9.17, 15) is 18.3 Å². The van der Waals surface area contributed by atoms with Crippen LogP contribution in [0.1, 0.15) is 91.4 Å². The minimum Gasteiger partial charge on any atom is -0.393 e. The van der Waals surface area contributed by atoms with E-state index >= 15 is 0 Å². The van der Waals surface area contributed by atoms with Crippen molar-refractivity contribution in [3.8, 4) is 0 Å². The van der Waals surface area contributed by atoms with E-state index in [2.05, 4.69) is 26.1 Å². The van der Waals surface area contributed by atoms with E-state index in [1.165, 1.54) is 51.2 Å². The molecule has 2 N–H and O–H groups in total. The summed E-state index contributed by atoms with van der Waals surface area (Å²) in [6.45, 7) is 7.68. The predicted molar refractivity (Wildman–Crippen MR) is 132 cm³/mol. The van der Waals surface area contributed by atoms with Crippen LogP contribution in [-0.4, -0.2) is 44.1 Å². The number of aliphatic hydroxyl groups excluding tert-OH is 1. The Balaban J connectivity index is 1.35. The second kappa shape index (κ2) is 9.44. The summed E-state index contributed by atoms with van der Waals surface area (Å²) in [5.74, 6) is 4.41. The molecule has 4 aliphatic carbocycles. The number of rotatable bonds is 7. The van der Waals surface area contributed by atoms with Gasteiger partial charge < -0.3 is 10.4 Å². The lowest BCUT2D eigenvalue weighted by Gasteiger charge is -2.61. The molecule has 6 heteroatoms. The summed E-state index contributed by atoms with van der Waals surface area (Å²) < 4.78 is 22.5. The van der Waals surface area contributed by atoms with Crippen LogP contribution in [0.5, 0.6) is 0 Å². The summed E-state index contributed by atoms with van der Waals surface area (Å²) >= 11 is 0. The predicted octanol–water partition coefficient (Wildman–Crippen LogP) is 4.58. The van der Waals surface area contributed by atoms with Crippen molar-refractivity contribution in [3.05, 3.63) is 0 Å². The van der Waals surface area contributed by atoms with Gasteiger partial charge in [0.2, 0.25) is 5.91 Å². The fourth-order valence-electron chi connectivity index (χ4n) is 9.23. The Morgan fingerprint density at radius 3 is 2.45 bits per heavy atom. The van der Waals surface area contributed by atoms with Crippen LogP contribution in [0.2, 0.25) is 0 Å². The third kappa shape index (κ3) is 5.03. The number of carbonyl (C=O) groups is 1. The minimum atomic E-state index is -3.04. The van der Waals surface area contributed by atoms with Gasteiger partial charge in [-0.3, -0.25) is 4.79 Å². The monoisotopic (exact) mass is 481 g/mol. The molecule has 0 aromatic carbocycles. The molecular formula is C27H47NO4S. The van der Waals surface area contributed by atoms with Gasteiger partial charge in [-0.15, -0.1) is 0 Å². The lowest BCUT2D eigenvalue weighted by Crippen LogP contribution is -2.54. The van der Waals surface area contributed by atoms with Gasteiger partial charge in [0.15, 0.2) is 0 Å². The molecule has 0 heterocycles. The standard InChI is InChI=1S/C27H47NO4S/c1-18(5-10-25(30)28-15-16-33(4,31)32)22-8-9-23-21-7-6-19-17-20(29)11-13-26(19,2)24(21)12-14-27(22,23)3/h18-24,29H,5-17H2,1-4H3,(H,28,30)/t18-,19-,20-,21?,22-,23?,24?,26+,27-/m1/s1. The van der Waals surface area contributed by atoms with E-state index in [0.29, 0.717) is 35.0 Å². The van der Waals surface area contributed by atoms with E-state index < -0.39 is 9.84 Å². The molecule has 0 radical (unpaired) electrons. The van der Waals surface area contributed by atoms with Crippen molar-refractivity contribution in [3.63, 3.8) is 0 Å². The van der Waals surface area contributed by atoms with Gasteiger partial charge in [0.25, 0.3) is 0 Å². The van der Waals surface area contributed by atoms with Crippen LogP contribution in [0.4, 0.5) is 0 Å². The smallest absolute Gasteiger partial charge is 0.220 e. The van der Waals surface area contributed by atoms with Crippen LogP contribution in [-0.2, 0) is 14.6 Å². The van der Waals surface area contributed by atoms with Crippen LogP contribution in [0, 0.1) is 46.3 Å². The summed E-state index contributed by atoms with van der Waals surface area (Å²) in [7, 11) is -3.04. The van der Waals surface area contributed by atoms with Crippen LogP contribution in [0.25, 0.3) is 0 Å². The van der Waals surface area contributed by atoms with Gasteiger partial charge in [-0.2, -0.15) is 0 Å². The van der Waals surface area contributed by atoms with E-state index in [1.54, 1.807) is 0 Å². The third-order valence-corrected chi connectivity index (χ3v) is 12.0. The molecule has 190 valence electrons.